The zero-order valence-corrected chi connectivity index (χ0v) is 7.90. The summed E-state index contributed by atoms with van der Waals surface area (Å²) in [5, 5.41) is 0. The number of hydrogen-bond acceptors (Lipinski definition) is 1. The van der Waals surface area contributed by atoms with Crippen molar-refractivity contribution < 1.29 is 21.7 Å². The molecule has 10 heavy (non-hydrogen) atoms. The van der Waals surface area contributed by atoms with Gasteiger partial charge in [0.05, 0.1) is 27.6 Å². The summed E-state index contributed by atoms with van der Waals surface area (Å²) in [6.45, 7) is 2.02. The van der Waals surface area contributed by atoms with Gasteiger partial charge in [0, 0.05) is 0 Å². The summed E-state index contributed by atoms with van der Waals surface area (Å²) in [5.41, 5.74) is 0. The lowest BCUT2D eigenvalue weighted by molar-refractivity contribution is -0.792. The molecule has 1 amide bonds. The minimum atomic E-state index is 0. The number of rotatable bonds is 2. The maximum absolute atomic E-state index is 11.0. The van der Waals surface area contributed by atoms with Gasteiger partial charge in [0.1, 0.15) is 0 Å². The lowest BCUT2D eigenvalue weighted by atomic mass is 10.3. The van der Waals surface area contributed by atoms with Gasteiger partial charge in [0.25, 0.3) is 0 Å². The molecule has 2 nitrogen and oxygen atoms in total. The Morgan fingerprint density at radius 2 is 1.70 bits per heavy atom. The molecule has 0 heterocycles. The van der Waals surface area contributed by atoms with Crippen molar-refractivity contribution in [2.45, 2.75) is 19.8 Å². The molecule has 0 N–H and O–H groups in total. The largest absolute Gasteiger partial charge is 1.00 e. The summed E-state index contributed by atoms with van der Waals surface area (Å²) in [4.78, 5) is 11.0. The first-order valence-corrected chi connectivity index (χ1v) is 3.33. The second-order valence-corrected chi connectivity index (χ2v) is 3.16. The lowest BCUT2D eigenvalue weighted by Crippen LogP contribution is -3.00. The molecule has 0 aliphatic rings. The molecule has 0 aliphatic carbocycles. The van der Waals surface area contributed by atoms with E-state index in [1.807, 2.05) is 28.1 Å². The maximum atomic E-state index is 11.0. The van der Waals surface area contributed by atoms with Crippen LogP contribution in [0.4, 0.5) is 0 Å². The van der Waals surface area contributed by atoms with E-state index in [1.54, 1.807) is 0 Å². The quantitative estimate of drug-likeness (QED) is 0.434. The smallest absolute Gasteiger partial charge is 0.313 e. The van der Waals surface area contributed by atoms with Crippen molar-refractivity contribution in [2.75, 3.05) is 21.1 Å². The number of nitrogens with zero attached hydrogens (tertiary/aromatic N) is 1. The number of hydrogen-bond donors (Lipinski definition) is 0. The van der Waals surface area contributed by atoms with Crippen molar-refractivity contribution in [1.29, 1.82) is 0 Å². The van der Waals surface area contributed by atoms with Gasteiger partial charge in [-0.2, -0.15) is 0 Å². The predicted octanol–water partition coefficient (Wildman–Crippen LogP) is -1.98. The van der Waals surface area contributed by atoms with Crippen LogP contribution in [0.5, 0.6) is 0 Å². The fourth-order valence-corrected chi connectivity index (χ4v) is 0.549. The fourth-order valence-electron chi connectivity index (χ4n) is 0.549. The Morgan fingerprint density at radius 3 is 1.80 bits per heavy atom. The van der Waals surface area contributed by atoms with Gasteiger partial charge >= 0.3 is 5.91 Å². The van der Waals surface area contributed by atoms with Crippen LogP contribution in [0.3, 0.4) is 0 Å². The average molecular weight is 166 g/mol. The Labute approximate surface area is 69.2 Å². The van der Waals surface area contributed by atoms with Gasteiger partial charge in [-0.3, -0.25) is 4.48 Å². The van der Waals surface area contributed by atoms with Gasteiger partial charge in [-0.15, -0.1) is 0 Å². The van der Waals surface area contributed by atoms with Crippen molar-refractivity contribution in [3.05, 3.63) is 0 Å². The van der Waals surface area contributed by atoms with E-state index >= 15 is 0 Å². The Hall–Kier alpha value is -0.0800. The highest BCUT2D eigenvalue weighted by Gasteiger charge is 2.17. The minimum Gasteiger partial charge on any atom is -1.00 e. The molecular formula is C7H16ClNO. The average Bonchev–Trinajstić information content (AvgIpc) is 1.64. The van der Waals surface area contributed by atoms with Crippen molar-refractivity contribution >= 4 is 5.91 Å². The molecule has 0 aromatic rings. The molecule has 0 unspecified atom stereocenters. The van der Waals surface area contributed by atoms with Gasteiger partial charge < -0.3 is 12.4 Å². The van der Waals surface area contributed by atoms with E-state index in [2.05, 4.69) is 0 Å². The van der Waals surface area contributed by atoms with Crippen LogP contribution in [0.1, 0.15) is 19.8 Å². The van der Waals surface area contributed by atoms with Crippen LogP contribution in [0.25, 0.3) is 0 Å². The zero-order chi connectivity index (χ0) is 7.49. The van der Waals surface area contributed by atoms with Gasteiger partial charge in [-0.1, -0.05) is 6.92 Å². The van der Waals surface area contributed by atoms with Crippen molar-refractivity contribution in [3.63, 3.8) is 0 Å². The highest BCUT2D eigenvalue weighted by Crippen LogP contribution is 1.98. The minimum absolute atomic E-state index is 0. The van der Waals surface area contributed by atoms with Crippen LogP contribution in [-0.2, 0) is 4.79 Å². The van der Waals surface area contributed by atoms with E-state index in [0.717, 1.165) is 6.42 Å². The molecule has 0 aliphatic heterocycles. The first-order chi connectivity index (χ1) is 3.98. The van der Waals surface area contributed by atoms with Crippen LogP contribution in [0.15, 0.2) is 0 Å². The van der Waals surface area contributed by atoms with Gasteiger partial charge in [-0.05, 0) is 6.42 Å². The highest BCUT2D eigenvalue weighted by atomic mass is 35.5. The number of halogens is 1. The SMILES string of the molecule is CCCC(=O)[N+](C)(C)C.[Cl-]. The molecule has 0 rings (SSSR count). The van der Waals surface area contributed by atoms with E-state index in [0.29, 0.717) is 16.8 Å². The molecular weight excluding hydrogens is 150 g/mol. The summed E-state index contributed by atoms with van der Waals surface area (Å²) < 4.78 is 0.452. The third-order valence-electron chi connectivity index (χ3n) is 1.21. The summed E-state index contributed by atoms with van der Waals surface area (Å²) in [5.74, 6) is 0.303. The molecule has 62 valence electrons. The number of amides is 1. The topological polar surface area (TPSA) is 17.1 Å². The molecule has 0 atom stereocenters. The summed E-state index contributed by atoms with van der Waals surface area (Å²) in [6, 6.07) is 0. The first-order valence-electron chi connectivity index (χ1n) is 3.33. The van der Waals surface area contributed by atoms with E-state index in [4.69, 9.17) is 0 Å². The second-order valence-electron chi connectivity index (χ2n) is 3.16. The van der Waals surface area contributed by atoms with Crippen LogP contribution >= 0.6 is 0 Å². The van der Waals surface area contributed by atoms with Crippen molar-refractivity contribution in [3.8, 4) is 0 Å². The van der Waals surface area contributed by atoms with Gasteiger partial charge in [0.15, 0.2) is 0 Å². The molecule has 0 saturated heterocycles. The molecule has 0 saturated carbocycles. The molecule has 0 bridgehead atoms. The Morgan fingerprint density at radius 1 is 1.30 bits per heavy atom. The van der Waals surface area contributed by atoms with Crippen LogP contribution in [0.2, 0.25) is 0 Å². The molecule has 3 heteroatoms. The molecule has 0 aromatic carbocycles. The lowest BCUT2D eigenvalue weighted by Gasteiger charge is -2.19. The molecule has 0 fully saturated rings. The highest BCUT2D eigenvalue weighted by molar-refractivity contribution is 5.68. The van der Waals surface area contributed by atoms with Gasteiger partial charge in [0.2, 0.25) is 0 Å². The predicted molar refractivity (Wildman–Crippen MR) is 37.9 cm³/mol. The normalized spacial score (nSPS) is 10.4. The summed E-state index contributed by atoms with van der Waals surface area (Å²) >= 11 is 0. The van der Waals surface area contributed by atoms with Gasteiger partial charge in [-0.25, -0.2) is 4.79 Å². The fraction of sp³-hybridized carbons (Fsp3) is 0.857. The van der Waals surface area contributed by atoms with E-state index < -0.39 is 0 Å². The Balaban J connectivity index is 0. The third kappa shape index (κ3) is 4.77. The third-order valence-corrected chi connectivity index (χ3v) is 1.21. The second kappa shape index (κ2) is 4.69. The molecule has 0 spiro atoms. The van der Waals surface area contributed by atoms with E-state index in [9.17, 15) is 4.79 Å². The Kier molecular flexibility index (Phi) is 5.90. The van der Waals surface area contributed by atoms with Crippen LogP contribution < -0.4 is 12.4 Å². The first kappa shape index (κ1) is 12.6. The van der Waals surface area contributed by atoms with Crippen molar-refractivity contribution in [1.82, 2.24) is 0 Å². The number of quaternary nitrogens is 1. The zero-order valence-electron chi connectivity index (χ0n) is 7.15. The monoisotopic (exact) mass is 165 g/mol. The van der Waals surface area contributed by atoms with E-state index in [-0.39, 0.29) is 12.4 Å². The molecule has 0 radical (unpaired) electrons. The standard InChI is InChI=1S/C7H16NO.ClH/c1-5-6-7(9)8(2,3)4;/h5-6H2,1-4H3;1H/q+1;/p-1. The van der Waals surface area contributed by atoms with Crippen molar-refractivity contribution in [2.24, 2.45) is 0 Å². The summed E-state index contributed by atoms with van der Waals surface area (Å²) in [7, 11) is 5.70. The molecule has 0 aromatic heterocycles. The van der Waals surface area contributed by atoms with E-state index in [1.165, 1.54) is 0 Å². The van der Waals surface area contributed by atoms with Crippen LogP contribution in [-0.4, -0.2) is 31.5 Å². The summed E-state index contributed by atoms with van der Waals surface area (Å²) in [6.07, 6.45) is 1.65. The maximum Gasteiger partial charge on any atom is 0.313 e. The Bertz CT molecular complexity index is 107. The number of carbonyl (C=O) groups is 1. The van der Waals surface area contributed by atoms with Crippen LogP contribution in [0, 0.1) is 0 Å². The number of carbonyl (C=O) groups excluding carboxylic acids is 1.